The van der Waals surface area contributed by atoms with Gasteiger partial charge in [-0.05, 0) is 5.92 Å². The Labute approximate surface area is 100 Å². The lowest BCUT2D eigenvalue weighted by atomic mass is 10.2. The molecule has 3 nitrogen and oxygen atoms in total. The lowest BCUT2D eigenvalue weighted by Gasteiger charge is -2.22. The van der Waals surface area contributed by atoms with Crippen LogP contribution in [0.5, 0.6) is 0 Å². The molecule has 84 valence electrons. The minimum Gasteiger partial charge on any atom is -0.359 e. The number of hydrogen-bond acceptors (Lipinski definition) is 3. The van der Waals surface area contributed by atoms with Crippen molar-refractivity contribution in [1.29, 1.82) is 0 Å². The fourth-order valence-corrected chi connectivity index (χ4v) is 1.97. The zero-order valence-electron chi connectivity index (χ0n) is 9.17. The van der Waals surface area contributed by atoms with Gasteiger partial charge in [0.1, 0.15) is 17.3 Å². The standard InChI is InChI=1S/C10H15Cl2N3/c1-7(2)5-15(3)10-8(4-11)9(12)13-6-14-10/h6-7H,4-5H2,1-3H3. The van der Waals surface area contributed by atoms with E-state index in [1.165, 1.54) is 6.33 Å². The molecule has 0 saturated carbocycles. The van der Waals surface area contributed by atoms with Crippen LogP contribution in [0.4, 0.5) is 5.82 Å². The normalized spacial score (nSPS) is 10.8. The molecule has 1 aromatic heterocycles. The summed E-state index contributed by atoms with van der Waals surface area (Å²) < 4.78 is 0. The van der Waals surface area contributed by atoms with Crippen LogP contribution >= 0.6 is 23.2 Å². The van der Waals surface area contributed by atoms with Gasteiger partial charge in [-0.1, -0.05) is 25.4 Å². The predicted molar refractivity (Wildman–Crippen MR) is 64.7 cm³/mol. The van der Waals surface area contributed by atoms with Gasteiger partial charge in [0.2, 0.25) is 0 Å². The molecule has 0 amide bonds. The van der Waals surface area contributed by atoms with Crippen molar-refractivity contribution < 1.29 is 0 Å². The molecule has 0 saturated heterocycles. The molecular weight excluding hydrogens is 233 g/mol. The average molecular weight is 248 g/mol. The number of hydrogen-bond donors (Lipinski definition) is 0. The van der Waals surface area contributed by atoms with Crippen molar-refractivity contribution in [3.8, 4) is 0 Å². The first kappa shape index (κ1) is 12.5. The van der Waals surface area contributed by atoms with E-state index in [0.29, 0.717) is 17.0 Å². The lowest BCUT2D eigenvalue weighted by molar-refractivity contribution is 0.633. The molecule has 1 heterocycles. The highest BCUT2D eigenvalue weighted by Gasteiger charge is 2.13. The Morgan fingerprint density at radius 1 is 1.40 bits per heavy atom. The molecule has 0 spiro atoms. The maximum atomic E-state index is 5.95. The van der Waals surface area contributed by atoms with E-state index >= 15 is 0 Å². The van der Waals surface area contributed by atoms with E-state index in [2.05, 4.69) is 28.7 Å². The van der Waals surface area contributed by atoms with Crippen LogP contribution in [0.3, 0.4) is 0 Å². The van der Waals surface area contributed by atoms with Gasteiger partial charge in [-0.25, -0.2) is 9.97 Å². The van der Waals surface area contributed by atoms with Crippen LogP contribution in [0.1, 0.15) is 19.4 Å². The monoisotopic (exact) mass is 247 g/mol. The summed E-state index contributed by atoms with van der Waals surface area (Å²) in [6.45, 7) is 5.22. The molecule has 0 atom stereocenters. The predicted octanol–water partition coefficient (Wildman–Crippen LogP) is 2.96. The third-order valence-electron chi connectivity index (χ3n) is 2.00. The number of aromatic nitrogens is 2. The van der Waals surface area contributed by atoms with Gasteiger partial charge >= 0.3 is 0 Å². The Morgan fingerprint density at radius 2 is 2.07 bits per heavy atom. The van der Waals surface area contributed by atoms with Gasteiger partial charge in [-0.15, -0.1) is 11.6 Å². The smallest absolute Gasteiger partial charge is 0.138 e. The summed E-state index contributed by atoms with van der Waals surface area (Å²) in [6.07, 6.45) is 1.46. The van der Waals surface area contributed by atoms with E-state index in [9.17, 15) is 0 Å². The number of halogens is 2. The first-order valence-electron chi connectivity index (χ1n) is 4.82. The average Bonchev–Trinajstić information content (AvgIpc) is 2.16. The summed E-state index contributed by atoms with van der Waals surface area (Å²) in [6, 6.07) is 0. The highest BCUT2D eigenvalue weighted by molar-refractivity contribution is 6.31. The van der Waals surface area contributed by atoms with Crippen LogP contribution < -0.4 is 4.90 Å². The van der Waals surface area contributed by atoms with Crippen LogP contribution in [-0.2, 0) is 5.88 Å². The van der Waals surface area contributed by atoms with Crippen molar-refractivity contribution in [2.75, 3.05) is 18.5 Å². The quantitative estimate of drug-likeness (QED) is 0.606. The summed E-state index contributed by atoms with van der Waals surface area (Å²) in [7, 11) is 1.98. The van der Waals surface area contributed by atoms with E-state index in [4.69, 9.17) is 23.2 Å². The van der Waals surface area contributed by atoms with Gasteiger partial charge < -0.3 is 4.90 Å². The summed E-state index contributed by atoms with van der Waals surface area (Å²) >= 11 is 11.8. The molecule has 0 N–H and O–H groups in total. The number of anilines is 1. The van der Waals surface area contributed by atoms with Gasteiger partial charge in [-0.3, -0.25) is 0 Å². The lowest BCUT2D eigenvalue weighted by Crippen LogP contribution is -2.24. The molecule has 0 aliphatic rings. The summed E-state index contributed by atoms with van der Waals surface area (Å²) in [5.74, 6) is 1.71. The first-order chi connectivity index (χ1) is 7.06. The topological polar surface area (TPSA) is 29.0 Å². The van der Waals surface area contributed by atoms with Crippen molar-refractivity contribution in [3.05, 3.63) is 17.0 Å². The molecule has 1 aromatic rings. The first-order valence-corrected chi connectivity index (χ1v) is 5.74. The molecule has 5 heteroatoms. The molecule has 0 aliphatic heterocycles. The van der Waals surface area contributed by atoms with E-state index < -0.39 is 0 Å². The molecule has 1 rings (SSSR count). The minimum atomic E-state index is 0.331. The molecular formula is C10H15Cl2N3. The highest BCUT2D eigenvalue weighted by Crippen LogP contribution is 2.24. The van der Waals surface area contributed by atoms with Crippen molar-refractivity contribution in [1.82, 2.24) is 9.97 Å². The van der Waals surface area contributed by atoms with Crippen LogP contribution in [0.2, 0.25) is 5.15 Å². The van der Waals surface area contributed by atoms with Gasteiger partial charge in [0.25, 0.3) is 0 Å². The van der Waals surface area contributed by atoms with Crippen LogP contribution in [0.15, 0.2) is 6.33 Å². The van der Waals surface area contributed by atoms with Gasteiger partial charge in [-0.2, -0.15) is 0 Å². The van der Waals surface area contributed by atoms with Crippen LogP contribution in [0.25, 0.3) is 0 Å². The van der Waals surface area contributed by atoms with Crippen LogP contribution in [0, 0.1) is 5.92 Å². The third kappa shape index (κ3) is 3.21. The fourth-order valence-electron chi connectivity index (χ4n) is 1.46. The summed E-state index contributed by atoms with van der Waals surface area (Å²) in [4.78, 5) is 10.2. The van der Waals surface area contributed by atoms with Crippen molar-refractivity contribution in [2.45, 2.75) is 19.7 Å². The van der Waals surface area contributed by atoms with Gasteiger partial charge in [0, 0.05) is 19.2 Å². The molecule has 0 radical (unpaired) electrons. The second kappa shape index (κ2) is 5.52. The van der Waals surface area contributed by atoms with E-state index in [0.717, 1.165) is 17.9 Å². The Hall–Kier alpha value is -0.540. The maximum absolute atomic E-state index is 5.95. The molecule has 0 fully saturated rings. The largest absolute Gasteiger partial charge is 0.359 e. The summed E-state index contributed by atoms with van der Waals surface area (Å²) in [5.41, 5.74) is 0.795. The molecule has 0 unspecified atom stereocenters. The van der Waals surface area contributed by atoms with Gasteiger partial charge in [0.05, 0.1) is 5.88 Å². The molecule has 0 aromatic carbocycles. The Morgan fingerprint density at radius 3 is 2.60 bits per heavy atom. The van der Waals surface area contributed by atoms with Crippen molar-refractivity contribution in [3.63, 3.8) is 0 Å². The summed E-state index contributed by atoms with van der Waals surface area (Å²) in [5, 5.41) is 0.436. The SMILES string of the molecule is CC(C)CN(C)c1ncnc(Cl)c1CCl. The minimum absolute atomic E-state index is 0.331. The maximum Gasteiger partial charge on any atom is 0.138 e. The number of rotatable bonds is 4. The number of alkyl halides is 1. The Balaban J connectivity index is 2.97. The molecule has 15 heavy (non-hydrogen) atoms. The number of nitrogens with zero attached hydrogens (tertiary/aromatic N) is 3. The van der Waals surface area contributed by atoms with Crippen LogP contribution in [-0.4, -0.2) is 23.6 Å². The Kier molecular flexibility index (Phi) is 4.61. The van der Waals surface area contributed by atoms with E-state index in [1.54, 1.807) is 0 Å². The van der Waals surface area contributed by atoms with Crippen molar-refractivity contribution in [2.24, 2.45) is 5.92 Å². The Bertz CT molecular complexity index is 328. The van der Waals surface area contributed by atoms with E-state index in [1.807, 2.05) is 7.05 Å². The molecule has 0 bridgehead atoms. The van der Waals surface area contributed by atoms with E-state index in [-0.39, 0.29) is 0 Å². The second-order valence-electron chi connectivity index (χ2n) is 3.87. The zero-order valence-corrected chi connectivity index (χ0v) is 10.7. The highest BCUT2D eigenvalue weighted by atomic mass is 35.5. The zero-order chi connectivity index (χ0) is 11.4. The van der Waals surface area contributed by atoms with Crippen molar-refractivity contribution >= 4 is 29.0 Å². The second-order valence-corrected chi connectivity index (χ2v) is 4.50. The molecule has 0 aliphatic carbocycles. The van der Waals surface area contributed by atoms with Gasteiger partial charge in [0.15, 0.2) is 0 Å². The third-order valence-corrected chi connectivity index (χ3v) is 2.60. The fraction of sp³-hybridized carbons (Fsp3) is 0.600.